The Morgan fingerprint density at radius 2 is 1.65 bits per heavy atom. The lowest BCUT2D eigenvalue weighted by molar-refractivity contribution is -0.151. The molecule has 4 aliphatic rings. The highest BCUT2D eigenvalue weighted by Gasteiger charge is 2.51. The van der Waals surface area contributed by atoms with Crippen LogP contribution in [0.5, 0.6) is 0 Å². The summed E-state index contributed by atoms with van der Waals surface area (Å²) in [5.74, 6) is -2.71. The largest absolute Gasteiger partial charge is 0.342 e. The van der Waals surface area contributed by atoms with E-state index in [-0.39, 0.29) is 69.2 Å². The molecule has 11 nitrogen and oxygen atoms in total. The predicted molar refractivity (Wildman–Crippen MR) is 201 cm³/mol. The Morgan fingerprint density at radius 3 is 2.37 bits per heavy atom. The molecule has 3 aromatic rings. The Balaban J connectivity index is 1.05. The van der Waals surface area contributed by atoms with E-state index in [0.29, 0.717) is 63.2 Å². The van der Waals surface area contributed by atoms with E-state index in [1.54, 1.807) is 20.9 Å². The summed E-state index contributed by atoms with van der Waals surface area (Å²) in [7, 11) is 1.86. The molecule has 286 valence electrons. The van der Waals surface area contributed by atoms with E-state index in [0.717, 1.165) is 27.8 Å². The van der Waals surface area contributed by atoms with Gasteiger partial charge in [0.25, 0.3) is 5.92 Å². The highest BCUT2D eigenvalue weighted by Crippen LogP contribution is 2.47. The SMILES string of the molecule is CCC1(C(=O)N(CC(=O)Nc2ccc3c(c2)C[C@@]2(C3)C(=O)Nc3ncccc32)Cc2ccccc2CNC)CCN(C(=O)CN2CCC(F)(F)CC2)CC1. The molecule has 2 aromatic carbocycles. The summed E-state index contributed by atoms with van der Waals surface area (Å²) in [4.78, 5) is 64.5. The molecule has 7 rings (SSSR count). The monoisotopic (exact) mass is 741 g/mol. The number of nitrogens with zero attached hydrogens (tertiary/aromatic N) is 4. The van der Waals surface area contributed by atoms with Crippen LogP contribution in [0.25, 0.3) is 0 Å². The highest BCUT2D eigenvalue weighted by atomic mass is 19.3. The van der Waals surface area contributed by atoms with E-state index in [1.807, 2.05) is 68.6 Å². The number of fused-ring (bicyclic) bond motifs is 3. The molecule has 0 unspecified atom stereocenters. The number of carbonyl (C=O) groups is 4. The molecule has 0 saturated carbocycles. The standard InChI is InChI=1S/C41H49F2N7O4/c1-3-39(12-19-49(20-13-39)35(52)27-48-17-14-41(42,43)15-18-48)38(54)50(25-30-8-5-4-7-29(30)24-44-2)26-34(51)46-32-11-10-28-22-40(23-31(28)21-32)33-9-6-16-45-36(33)47-37(40)53/h4-11,16,21,44H,3,12-15,17-20,22-27H2,1-2H3,(H,46,51)(H,45,47,53)/t40-/m1/s1. The number of rotatable bonds is 11. The van der Waals surface area contributed by atoms with E-state index < -0.39 is 16.8 Å². The zero-order valence-corrected chi connectivity index (χ0v) is 31.1. The Hall–Kier alpha value is -4.75. The van der Waals surface area contributed by atoms with Crippen LogP contribution in [0.4, 0.5) is 20.3 Å². The third-order valence-electron chi connectivity index (χ3n) is 12.1. The molecule has 13 heteroatoms. The molecule has 1 spiro atoms. The van der Waals surface area contributed by atoms with Gasteiger partial charge in [-0.05, 0) is 79.6 Å². The van der Waals surface area contributed by atoms with Crippen molar-refractivity contribution in [3.63, 3.8) is 0 Å². The molecule has 3 aliphatic heterocycles. The van der Waals surface area contributed by atoms with Gasteiger partial charge in [0.1, 0.15) is 12.4 Å². The first-order valence-corrected chi connectivity index (χ1v) is 19.0. The maximum atomic E-state index is 14.7. The van der Waals surface area contributed by atoms with Crippen LogP contribution < -0.4 is 16.0 Å². The first kappa shape index (κ1) is 37.6. The van der Waals surface area contributed by atoms with Crippen molar-refractivity contribution in [2.24, 2.45) is 5.41 Å². The molecule has 2 saturated heterocycles. The van der Waals surface area contributed by atoms with Gasteiger partial charge in [0.2, 0.25) is 23.6 Å². The van der Waals surface area contributed by atoms with E-state index in [4.69, 9.17) is 0 Å². The van der Waals surface area contributed by atoms with Crippen LogP contribution in [0.3, 0.4) is 0 Å². The number of likely N-dealkylation sites (tertiary alicyclic amines) is 2. The second kappa shape index (κ2) is 15.2. The van der Waals surface area contributed by atoms with Gasteiger partial charge in [-0.2, -0.15) is 0 Å². The first-order chi connectivity index (χ1) is 25.9. The predicted octanol–water partition coefficient (Wildman–Crippen LogP) is 4.51. The molecule has 4 heterocycles. The topological polar surface area (TPSA) is 127 Å². The number of pyridine rings is 1. The molecule has 0 radical (unpaired) electrons. The number of alkyl halides is 2. The molecule has 2 fully saturated rings. The number of hydrogen-bond donors (Lipinski definition) is 3. The second-order valence-corrected chi connectivity index (χ2v) is 15.4. The number of benzene rings is 2. The quantitative estimate of drug-likeness (QED) is 0.264. The fourth-order valence-electron chi connectivity index (χ4n) is 8.77. The van der Waals surface area contributed by atoms with Crippen molar-refractivity contribution >= 4 is 35.1 Å². The Morgan fingerprint density at radius 1 is 0.926 bits per heavy atom. The molecule has 0 bridgehead atoms. The minimum absolute atomic E-state index is 0.0694. The maximum Gasteiger partial charge on any atom is 0.250 e. The van der Waals surface area contributed by atoms with Crippen molar-refractivity contribution in [3.05, 3.63) is 88.6 Å². The van der Waals surface area contributed by atoms with Gasteiger partial charge >= 0.3 is 0 Å². The van der Waals surface area contributed by atoms with Gasteiger partial charge in [0.05, 0.1) is 17.4 Å². The maximum absolute atomic E-state index is 14.7. The van der Waals surface area contributed by atoms with Crippen molar-refractivity contribution in [2.75, 3.05) is 56.9 Å². The van der Waals surface area contributed by atoms with Gasteiger partial charge in [0.15, 0.2) is 0 Å². The summed E-state index contributed by atoms with van der Waals surface area (Å²) in [6, 6.07) is 17.4. The number of carbonyl (C=O) groups excluding carboxylic acids is 4. The van der Waals surface area contributed by atoms with Gasteiger partial charge < -0.3 is 25.8 Å². The summed E-state index contributed by atoms with van der Waals surface area (Å²) in [6.07, 6.45) is 3.66. The average molecular weight is 742 g/mol. The smallest absolute Gasteiger partial charge is 0.250 e. The molecule has 1 atom stereocenters. The average Bonchev–Trinajstić information content (AvgIpc) is 3.68. The van der Waals surface area contributed by atoms with Crippen LogP contribution in [-0.2, 0) is 50.5 Å². The zero-order valence-electron chi connectivity index (χ0n) is 31.1. The Kier molecular flexibility index (Phi) is 10.6. The fraction of sp³-hybridized carbons (Fsp3) is 0.488. The van der Waals surface area contributed by atoms with Crippen LogP contribution in [0, 0.1) is 5.41 Å². The van der Waals surface area contributed by atoms with E-state index >= 15 is 0 Å². The van der Waals surface area contributed by atoms with Crippen LogP contribution in [0.15, 0.2) is 60.8 Å². The number of aromatic nitrogens is 1. The Labute approximate surface area is 314 Å². The molecule has 1 aliphatic carbocycles. The van der Waals surface area contributed by atoms with E-state index in [9.17, 15) is 28.0 Å². The van der Waals surface area contributed by atoms with Gasteiger partial charge in [-0.1, -0.05) is 43.3 Å². The minimum Gasteiger partial charge on any atom is -0.342 e. The zero-order chi connectivity index (χ0) is 38.1. The number of piperidine rings is 2. The fourth-order valence-corrected chi connectivity index (χ4v) is 8.77. The molecular weight excluding hydrogens is 692 g/mol. The lowest BCUT2D eigenvalue weighted by atomic mass is 9.74. The molecule has 54 heavy (non-hydrogen) atoms. The highest BCUT2D eigenvalue weighted by molar-refractivity contribution is 6.06. The molecule has 1 aromatic heterocycles. The third kappa shape index (κ3) is 7.48. The Bertz CT molecular complexity index is 1920. The molecule has 4 amide bonds. The van der Waals surface area contributed by atoms with Crippen molar-refractivity contribution in [1.82, 2.24) is 25.0 Å². The van der Waals surface area contributed by atoms with Gasteiger partial charge in [0, 0.05) is 69.6 Å². The summed E-state index contributed by atoms with van der Waals surface area (Å²) in [5, 5.41) is 9.15. The van der Waals surface area contributed by atoms with Crippen molar-refractivity contribution in [3.8, 4) is 0 Å². The van der Waals surface area contributed by atoms with Crippen molar-refractivity contribution in [2.45, 2.75) is 76.3 Å². The lowest BCUT2D eigenvalue weighted by Crippen LogP contribution is -2.53. The van der Waals surface area contributed by atoms with Gasteiger partial charge in [-0.15, -0.1) is 0 Å². The summed E-state index contributed by atoms with van der Waals surface area (Å²) >= 11 is 0. The third-order valence-corrected chi connectivity index (χ3v) is 12.1. The summed E-state index contributed by atoms with van der Waals surface area (Å²) in [6.45, 7) is 3.89. The van der Waals surface area contributed by atoms with Crippen LogP contribution in [-0.4, -0.2) is 95.6 Å². The molecular formula is C41H49F2N7O4. The number of anilines is 2. The van der Waals surface area contributed by atoms with Crippen molar-refractivity contribution < 1.29 is 28.0 Å². The summed E-state index contributed by atoms with van der Waals surface area (Å²) < 4.78 is 27.3. The summed E-state index contributed by atoms with van der Waals surface area (Å²) in [5.41, 5.74) is 3.99. The van der Waals surface area contributed by atoms with Gasteiger partial charge in [-0.3, -0.25) is 24.1 Å². The van der Waals surface area contributed by atoms with E-state index in [2.05, 4.69) is 20.9 Å². The van der Waals surface area contributed by atoms with E-state index in [1.165, 1.54) is 0 Å². The van der Waals surface area contributed by atoms with Crippen LogP contribution in [0.1, 0.15) is 66.8 Å². The van der Waals surface area contributed by atoms with Gasteiger partial charge in [-0.25, -0.2) is 13.8 Å². The number of amides is 4. The number of hydrogen-bond acceptors (Lipinski definition) is 7. The first-order valence-electron chi connectivity index (χ1n) is 19.0. The number of halogens is 2. The lowest BCUT2D eigenvalue weighted by Gasteiger charge is -2.43. The minimum atomic E-state index is -2.67. The van der Waals surface area contributed by atoms with Crippen LogP contribution in [0.2, 0.25) is 0 Å². The normalized spacial score (nSPS) is 21.3. The number of nitrogens with one attached hydrogen (secondary N) is 3. The van der Waals surface area contributed by atoms with Crippen molar-refractivity contribution in [1.29, 1.82) is 0 Å². The molecule has 3 N–H and O–H groups in total. The second-order valence-electron chi connectivity index (χ2n) is 15.4. The van der Waals surface area contributed by atoms with Crippen LogP contribution >= 0.6 is 0 Å².